The van der Waals surface area contributed by atoms with Gasteiger partial charge < -0.3 is 36.9 Å². The standard InChI is InChI=1S/C40H48N8O5/c1-27(49)48-19-11-18-36(48)40(53)47-34(22-30-16-9-4-10-17-30)39(52)46-35(23-31-24-42-26-44-31)38(51)45-32(20-28-12-5-2-6-13-28)25-43-33(37(41)50)21-29-14-7-3-8-15-29/h2-10,12-17,24,26,32-36,43H,11,18-23,25H2,1H3,(H2,41,50)(H,42,44)(H,45,51)(H,46,52)(H,47,53)/t32-,33-,34-,35-,36-/m0/s1. The highest BCUT2D eigenvalue weighted by Gasteiger charge is 2.35. The van der Waals surface area contributed by atoms with Crippen molar-refractivity contribution in [2.45, 2.75) is 75.7 Å². The zero-order valence-electron chi connectivity index (χ0n) is 29.9. The number of hydrogen-bond acceptors (Lipinski definition) is 7. The van der Waals surface area contributed by atoms with E-state index in [2.05, 4.69) is 31.2 Å². The summed E-state index contributed by atoms with van der Waals surface area (Å²) in [5, 5.41) is 12.1. The molecular weight excluding hydrogens is 672 g/mol. The molecule has 0 bridgehead atoms. The van der Waals surface area contributed by atoms with Crippen molar-refractivity contribution in [3.8, 4) is 0 Å². The van der Waals surface area contributed by atoms with Gasteiger partial charge in [-0.25, -0.2) is 4.98 Å². The Hall–Kier alpha value is -5.82. The van der Waals surface area contributed by atoms with Gasteiger partial charge in [0.15, 0.2) is 0 Å². The van der Waals surface area contributed by atoms with Gasteiger partial charge in [-0.15, -0.1) is 0 Å². The maximum absolute atomic E-state index is 14.2. The van der Waals surface area contributed by atoms with Gasteiger partial charge in [0.1, 0.15) is 18.1 Å². The fourth-order valence-corrected chi connectivity index (χ4v) is 6.62. The summed E-state index contributed by atoms with van der Waals surface area (Å²) < 4.78 is 0. The molecule has 13 heteroatoms. The van der Waals surface area contributed by atoms with E-state index in [0.717, 1.165) is 16.7 Å². The average molecular weight is 721 g/mol. The number of benzene rings is 3. The molecule has 5 amide bonds. The molecule has 1 aromatic heterocycles. The third kappa shape index (κ3) is 11.6. The summed E-state index contributed by atoms with van der Waals surface area (Å²) in [7, 11) is 0. The van der Waals surface area contributed by atoms with Crippen molar-refractivity contribution in [3.63, 3.8) is 0 Å². The molecule has 0 unspecified atom stereocenters. The van der Waals surface area contributed by atoms with Crippen LogP contribution in [0.3, 0.4) is 0 Å². The maximum atomic E-state index is 14.2. The first-order valence-corrected chi connectivity index (χ1v) is 18.0. The second-order valence-corrected chi connectivity index (χ2v) is 13.4. The number of rotatable bonds is 18. The van der Waals surface area contributed by atoms with E-state index in [0.29, 0.717) is 37.9 Å². The summed E-state index contributed by atoms with van der Waals surface area (Å²) in [5.41, 5.74) is 9.12. The molecule has 2 heterocycles. The van der Waals surface area contributed by atoms with Crippen molar-refractivity contribution in [1.29, 1.82) is 0 Å². The summed E-state index contributed by atoms with van der Waals surface area (Å²) in [5.74, 6) is -2.15. The summed E-state index contributed by atoms with van der Waals surface area (Å²) in [6.45, 7) is 2.11. The lowest BCUT2D eigenvalue weighted by atomic mass is 10.0. The van der Waals surface area contributed by atoms with E-state index < -0.39 is 53.8 Å². The predicted octanol–water partition coefficient (Wildman–Crippen LogP) is 1.59. The minimum Gasteiger partial charge on any atom is -0.368 e. The lowest BCUT2D eigenvalue weighted by Crippen LogP contribution is -2.59. The first-order chi connectivity index (χ1) is 25.7. The Balaban J connectivity index is 1.35. The number of likely N-dealkylation sites (tertiary alicyclic amines) is 1. The van der Waals surface area contributed by atoms with Gasteiger partial charge in [-0.2, -0.15) is 0 Å². The monoisotopic (exact) mass is 720 g/mol. The Morgan fingerprint density at radius 2 is 1.30 bits per heavy atom. The van der Waals surface area contributed by atoms with E-state index in [1.165, 1.54) is 18.2 Å². The van der Waals surface area contributed by atoms with E-state index in [-0.39, 0.29) is 25.3 Å². The fraction of sp³-hybridized carbons (Fsp3) is 0.350. The zero-order valence-corrected chi connectivity index (χ0v) is 29.9. The largest absolute Gasteiger partial charge is 0.368 e. The molecule has 278 valence electrons. The SMILES string of the molecule is CC(=O)N1CCC[C@H]1C(=O)N[C@@H](Cc1ccccc1)C(=O)N[C@@H](Cc1cnc[nH]1)C(=O)N[C@H](CN[C@@H](Cc1ccccc1)C(N)=O)Cc1ccccc1. The number of primary amides is 1. The second kappa shape index (κ2) is 19.1. The molecule has 4 aromatic rings. The number of nitrogens with zero attached hydrogens (tertiary/aromatic N) is 2. The molecule has 1 saturated heterocycles. The number of hydrogen-bond donors (Lipinski definition) is 6. The molecule has 1 fully saturated rings. The van der Waals surface area contributed by atoms with E-state index in [1.54, 1.807) is 6.20 Å². The van der Waals surface area contributed by atoms with Crippen LogP contribution in [0.15, 0.2) is 104 Å². The van der Waals surface area contributed by atoms with Crippen molar-refractivity contribution < 1.29 is 24.0 Å². The van der Waals surface area contributed by atoms with Crippen molar-refractivity contribution >= 4 is 29.5 Å². The third-order valence-electron chi connectivity index (χ3n) is 9.40. The fourth-order valence-electron chi connectivity index (χ4n) is 6.62. The minimum atomic E-state index is -1.06. The first kappa shape index (κ1) is 38.4. The van der Waals surface area contributed by atoms with Crippen LogP contribution in [-0.2, 0) is 49.7 Å². The smallest absolute Gasteiger partial charge is 0.243 e. The molecule has 5 rings (SSSR count). The highest BCUT2D eigenvalue weighted by atomic mass is 16.2. The van der Waals surface area contributed by atoms with Crippen molar-refractivity contribution in [2.75, 3.05) is 13.1 Å². The molecule has 53 heavy (non-hydrogen) atoms. The van der Waals surface area contributed by atoms with Crippen LogP contribution in [-0.4, -0.2) is 87.7 Å². The van der Waals surface area contributed by atoms with Crippen LogP contribution < -0.4 is 27.0 Å². The molecule has 0 aliphatic carbocycles. The van der Waals surface area contributed by atoms with Crippen LogP contribution in [0.25, 0.3) is 0 Å². The van der Waals surface area contributed by atoms with E-state index >= 15 is 0 Å². The van der Waals surface area contributed by atoms with Crippen molar-refractivity contribution in [3.05, 3.63) is 126 Å². The van der Waals surface area contributed by atoms with Gasteiger partial charge in [0.25, 0.3) is 0 Å². The van der Waals surface area contributed by atoms with Crippen LogP contribution >= 0.6 is 0 Å². The number of H-pyrrole nitrogens is 1. The number of nitrogens with one attached hydrogen (secondary N) is 5. The third-order valence-corrected chi connectivity index (χ3v) is 9.40. The number of aromatic amines is 1. The summed E-state index contributed by atoms with van der Waals surface area (Å²) in [6, 6.07) is 24.5. The first-order valence-electron chi connectivity index (χ1n) is 18.0. The van der Waals surface area contributed by atoms with Gasteiger partial charge in [-0.05, 0) is 42.4 Å². The Labute approximate surface area is 309 Å². The van der Waals surface area contributed by atoms with Gasteiger partial charge in [0, 0.05) is 50.8 Å². The summed E-state index contributed by atoms with van der Waals surface area (Å²) >= 11 is 0. The van der Waals surface area contributed by atoms with Gasteiger partial charge in [0.05, 0.1) is 12.4 Å². The van der Waals surface area contributed by atoms with Crippen LogP contribution in [0.5, 0.6) is 0 Å². The molecule has 13 nitrogen and oxygen atoms in total. The molecule has 0 saturated carbocycles. The molecule has 1 aliphatic heterocycles. The lowest BCUT2D eigenvalue weighted by molar-refractivity contribution is -0.138. The highest BCUT2D eigenvalue weighted by Crippen LogP contribution is 2.18. The summed E-state index contributed by atoms with van der Waals surface area (Å²) in [6.07, 6.45) is 5.32. The Kier molecular flexibility index (Phi) is 13.9. The Bertz CT molecular complexity index is 1790. The molecule has 0 radical (unpaired) electrons. The average Bonchev–Trinajstić information content (AvgIpc) is 3.87. The van der Waals surface area contributed by atoms with Gasteiger partial charge in [-0.3, -0.25) is 24.0 Å². The van der Waals surface area contributed by atoms with E-state index in [1.807, 2.05) is 91.0 Å². The molecule has 0 spiro atoms. The van der Waals surface area contributed by atoms with Gasteiger partial charge in [-0.1, -0.05) is 91.0 Å². The van der Waals surface area contributed by atoms with Crippen LogP contribution in [0.1, 0.15) is 42.1 Å². The maximum Gasteiger partial charge on any atom is 0.243 e. The van der Waals surface area contributed by atoms with Crippen LogP contribution in [0.4, 0.5) is 0 Å². The number of nitrogens with two attached hydrogens (primary N) is 1. The van der Waals surface area contributed by atoms with Gasteiger partial charge >= 0.3 is 0 Å². The highest BCUT2D eigenvalue weighted by molar-refractivity contribution is 5.94. The molecule has 5 atom stereocenters. The molecular formula is C40H48N8O5. The number of amides is 5. The van der Waals surface area contributed by atoms with Crippen LogP contribution in [0.2, 0.25) is 0 Å². The van der Waals surface area contributed by atoms with E-state index in [4.69, 9.17) is 5.73 Å². The minimum absolute atomic E-state index is 0.0910. The van der Waals surface area contributed by atoms with Gasteiger partial charge in [0.2, 0.25) is 29.5 Å². The lowest BCUT2D eigenvalue weighted by Gasteiger charge is -2.28. The van der Waals surface area contributed by atoms with E-state index in [9.17, 15) is 24.0 Å². The Morgan fingerprint density at radius 1 is 0.755 bits per heavy atom. The zero-order chi connectivity index (χ0) is 37.6. The Morgan fingerprint density at radius 3 is 1.85 bits per heavy atom. The topological polar surface area (TPSA) is 191 Å². The second-order valence-electron chi connectivity index (χ2n) is 13.4. The molecule has 3 aromatic carbocycles. The van der Waals surface area contributed by atoms with Crippen LogP contribution in [0, 0.1) is 0 Å². The number of aromatic nitrogens is 2. The number of carbonyl (C=O) groups is 5. The molecule has 7 N–H and O–H groups in total. The van der Waals surface area contributed by atoms with Crippen molar-refractivity contribution in [1.82, 2.24) is 36.1 Å². The summed E-state index contributed by atoms with van der Waals surface area (Å²) in [4.78, 5) is 75.2. The normalized spacial score (nSPS) is 16.2. The predicted molar refractivity (Wildman–Crippen MR) is 200 cm³/mol. The molecule has 1 aliphatic rings. The number of carbonyl (C=O) groups excluding carboxylic acids is 5. The van der Waals surface area contributed by atoms with Crippen molar-refractivity contribution in [2.24, 2.45) is 5.73 Å². The quantitative estimate of drug-likeness (QED) is 0.0900. The number of imidazole rings is 1.